The molecule has 254 valence electrons. The molecule has 55 heavy (non-hydrogen) atoms. The predicted octanol–water partition coefficient (Wildman–Crippen LogP) is 14.9. The summed E-state index contributed by atoms with van der Waals surface area (Å²) >= 11 is 0. The molecule has 0 spiro atoms. The van der Waals surface area contributed by atoms with Crippen LogP contribution in [0, 0.1) is 0 Å². The van der Waals surface area contributed by atoms with E-state index in [9.17, 15) is 0 Å². The monoisotopic (exact) mass is 695 g/mol. The van der Waals surface area contributed by atoms with Crippen molar-refractivity contribution in [2.75, 3.05) is 0 Å². The molecule has 0 radical (unpaired) electrons. The van der Waals surface area contributed by atoms with Crippen LogP contribution in [0.25, 0.3) is 115 Å². The van der Waals surface area contributed by atoms with E-state index < -0.39 is 0 Å². The Bertz CT molecular complexity index is 3430. The smallest absolute Gasteiger partial charge is 0.0619 e. The molecule has 2 heterocycles. The number of hydrogen-bond donors (Lipinski definition) is 0. The summed E-state index contributed by atoms with van der Waals surface area (Å²) in [7, 11) is 0. The van der Waals surface area contributed by atoms with Gasteiger partial charge in [0.25, 0.3) is 0 Å². The molecular formula is C54H33N. The molecule has 0 aliphatic heterocycles. The summed E-state index contributed by atoms with van der Waals surface area (Å²) in [4.78, 5) is 0. The van der Waals surface area contributed by atoms with E-state index in [2.05, 4.69) is 205 Å². The van der Waals surface area contributed by atoms with Gasteiger partial charge in [-0.3, -0.25) is 0 Å². The molecule has 1 aliphatic rings. The fourth-order valence-corrected chi connectivity index (χ4v) is 9.56. The van der Waals surface area contributed by atoms with Crippen molar-refractivity contribution in [3.05, 3.63) is 200 Å². The SMILES string of the molecule is c1ccc2c(c1)-c1ccccc1-c1ccc(-c3ccc4c(c3)c3ccccc3c3ccccc3c3cccc5c6ccccc6n4c35)cc1-c1ccccc1-2. The number of benzene rings is 9. The fraction of sp³-hybridized carbons (Fsp3) is 0. The Hall–Kier alpha value is -7.22. The van der Waals surface area contributed by atoms with Crippen LogP contribution in [0.1, 0.15) is 0 Å². The number of fused-ring (bicyclic) bond motifs is 18. The number of rotatable bonds is 1. The minimum absolute atomic E-state index is 1.18. The molecule has 1 heteroatoms. The highest BCUT2D eigenvalue weighted by Crippen LogP contribution is 2.49. The van der Waals surface area contributed by atoms with Crippen molar-refractivity contribution >= 4 is 59.6 Å². The van der Waals surface area contributed by atoms with Crippen LogP contribution < -0.4 is 0 Å². The van der Waals surface area contributed by atoms with E-state index in [1.54, 1.807) is 0 Å². The molecule has 9 aromatic carbocycles. The fourth-order valence-electron chi connectivity index (χ4n) is 9.56. The normalized spacial score (nSPS) is 12.0. The van der Waals surface area contributed by atoms with Gasteiger partial charge in [-0.2, -0.15) is 0 Å². The van der Waals surface area contributed by atoms with Gasteiger partial charge in [0.15, 0.2) is 0 Å². The first kappa shape index (κ1) is 30.3. The standard InChI is InChI=1S/C54H33N/c1-2-15-37-36(14-1)38-16-3-4-20-42(38)46-30-28-34(32-50(46)44-22-9-6-18-40(37)44)35-29-31-53-51(33-35)45-23-10-7-19-41(45)39-17-5-8-21-43(39)48-25-13-26-49-47-24-11-12-27-52(47)55(53)54(48)49/h1-33H. The van der Waals surface area contributed by atoms with E-state index >= 15 is 0 Å². The van der Waals surface area contributed by atoms with Crippen molar-refractivity contribution in [2.24, 2.45) is 0 Å². The van der Waals surface area contributed by atoms with Crippen molar-refractivity contribution in [1.82, 2.24) is 4.40 Å². The average Bonchev–Trinajstić information content (AvgIpc) is 3.61. The number of hydrogen-bond acceptors (Lipinski definition) is 0. The van der Waals surface area contributed by atoms with E-state index in [1.807, 2.05) is 0 Å². The third-order valence-corrected chi connectivity index (χ3v) is 12.0. The average molecular weight is 696 g/mol. The van der Waals surface area contributed by atoms with Gasteiger partial charge in [0.1, 0.15) is 0 Å². The molecule has 1 aliphatic carbocycles. The molecule has 11 aromatic rings. The Morgan fingerprint density at radius 3 is 1.16 bits per heavy atom. The molecule has 0 saturated heterocycles. The van der Waals surface area contributed by atoms with Crippen LogP contribution in [0.4, 0.5) is 0 Å². The lowest BCUT2D eigenvalue weighted by Gasteiger charge is -2.23. The van der Waals surface area contributed by atoms with Crippen LogP contribution in [-0.4, -0.2) is 4.40 Å². The second-order valence-corrected chi connectivity index (χ2v) is 14.8. The van der Waals surface area contributed by atoms with Gasteiger partial charge in [0.2, 0.25) is 0 Å². The largest absolute Gasteiger partial charge is 0.308 e. The zero-order valence-corrected chi connectivity index (χ0v) is 30.0. The molecule has 0 saturated carbocycles. The minimum atomic E-state index is 1.18. The van der Waals surface area contributed by atoms with E-state index in [1.165, 1.54) is 115 Å². The molecule has 0 atom stereocenters. The molecule has 0 N–H and O–H groups in total. The van der Waals surface area contributed by atoms with Gasteiger partial charge in [-0.15, -0.1) is 0 Å². The number of para-hydroxylation sites is 2. The highest BCUT2D eigenvalue weighted by molar-refractivity contribution is 6.25. The summed E-state index contributed by atoms with van der Waals surface area (Å²) < 4.78 is 2.52. The second-order valence-electron chi connectivity index (χ2n) is 14.8. The molecule has 0 bridgehead atoms. The van der Waals surface area contributed by atoms with E-state index in [0.717, 1.165) is 0 Å². The van der Waals surface area contributed by atoms with Gasteiger partial charge in [-0.25, -0.2) is 0 Å². The van der Waals surface area contributed by atoms with Crippen molar-refractivity contribution in [2.45, 2.75) is 0 Å². The van der Waals surface area contributed by atoms with E-state index in [0.29, 0.717) is 0 Å². The van der Waals surface area contributed by atoms with Crippen LogP contribution >= 0.6 is 0 Å². The van der Waals surface area contributed by atoms with E-state index in [-0.39, 0.29) is 0 Å². The molecule has 2 aromatic heterocycles. The molecular weight excluding hydrogens is 663 g/mol. The Morgan fingerprint density at radius 1 is 0.218 bits per heavy atom. The number of nitrogens with zero attached hydrogens (tertiary/aromatic N) is 1. The lowest BCUT2D eigenvalue weighted by atomic mass is 9.80. The van der Waals surface area contributed by atoms with Crippen LogP contribution in [0.15, 0.2) is 200 Å². The van der Waals surface area contributed by atoms with Crippen molar-refractivity contribution < 1.29 is 0 Å². The van der Waals surface area contributed by atoms with Gasteiger partial charge >= 0.3 is 0 Å². The first-order valence-electron chi connectivity index (χ1n) is 19.1. The maximum Gasteiger partial charge on any atom is 0.0619 e. The predicted molar refractivity (Wildman–Crippen MR) is 234 cm³/mol. The lowest BCUT2D eigenvalue weighted by Crippen LogP contribution is -1.97. The zero-order chi connectivity index (χ0) is 36.0. The Morgan fingerprint density at radius 2 is 0.582 bits per heavy atom. The maximum absolute atomic E-state index is 2.52. The molecule has 0 amide bonds. The van der Waals surface area contributed by atoms with Gasteiger partial charge in [-0.1, -0.05) is 176 Å². The summed E-state index contributed by atoms with van der Waals surface area (Å²) in [6.07, 6.45) is 0. The van der Waals surface area contributed by atoms with Crippen LogP contribution in [0.5, 0.6) is 0 Å². The van der Waals surface area contributed by atoms with Gasteiger partial charge in [0.05, 0.1) is 16.6 Å². The first-order chi connectivity index (χ1) is 27.3. The van der Waals surface area contributed by atoms with Crippen LogP contribution in [-0.2, 0) is 0 Å². The van der Waals surface area contributed by atoms with Crippen molar-refractivity contribution in [3.63, 3.8) is 0 Å². The van der Waals surface area contributed by atoms with Crippen molar-refractivity contribution in [3.8, 4) is 55.6 Å². The summed E-state index contributed by atoms with van der Waals surface area (Å²) in [5.74, 6) is 0. The highest BCUT2D eigenvalue weighted by atomic mass is 14.9. The zero-order valence-electron chi connectivity index (χ0n) is 30.0. The molecule has 0 unspecified atom stereocenters. The van der Waals surface area contributed by atoms with Crippen LogP contribution in [0.3, 0.4) is 0 Å². The third-order valence-electron chi connectivity index (χ3n) is 12.0. The van der Waals surface area contributed by atoms with Gasteiger partial charge in [0, 0.05) is 21.5 Å². The highest BCUT2D eigenvalue weighted by Gasteiger charge is 2.22. The van der Waals surface area contributed by atoms with Gasteiger partial charge in [-0.05, 0) is 101 Å². The maximum atomic E-state index is 2.52. The summed E-state index contributed by atoms with van der Waals surface area (Å²) in [5.41, 5.74) is 16.1. The van der Waals surface area contributed by atoms with E-state index in [4.69, 9.17) is 0 Å². The van der Waals surface area contributed by atoms with Gasteiger partial charge < -0.3 is 4.40 Å². The van der Waals surface area contributed by atoms with Crippen molar-refractivity contribution in [1.29, 1.82) is 0 Å². The summed E-state index contributed by atoms with van der Waals surface area (Å²) in [5, 5.41) is 9.97. The molecule has 0 fully saturated rings. The Balaban J connectivity index is 1.22. The topological polar surface area (TPSA) is 4.41 Å². The Labute approximate surface area is 318 Å². The molecule has 1 nitrogen and oxygen atoms in total. The lowest BCUT2D eigenvalue weighted by molar-refractivity contribution is 1.35. The first-order valence-corrected chi connectivity index (χ1v) is 19.1. The quantitative estimate of drug-likeness (QED) is 0.161. The Kier molecular flexibility index (Phi) is 6.40. The second kappa shape index (κ2) is 11.6. The summed E-state index contributed by atoms with van der Waals surface area (Å²) in [6, 6.07) is 74.4. The minimum Gasteiger partial charge on any atom is -0.308 e. The van der Waals surface area contributed by atoms with Crippen LogP contribution in [0.2, 0.25) is 0 Å². The third kappa shape index (κ3) is 4.35. The molecule has 12 rings (SSSR count). The summed E-state index contributed by atoms with van der Waals surface area (Å²) in [6.45, 7) is 0. The number of aromatic nitrogens is 1.